The van der Waals surface area contributed by atoms with Crippen LogP contribution in [0.1, 0.15) is 18.6 Å². The minimum absolute atomic E-state index is 0.180. The maximum absolute atomic E-state index is 12.4. The van der Waals surface area contributed by atoms with Crippen LogP contribution in [0.25, 0.3) is 0 Å². The van der Waals surface area contributed by atoms with Gasteiger partial charge in [-0.15, -0.1) is 11.8 Å². The van der Waals surface area contributed by atoms with Crippen LogP contribution < -0.4 is 0 Å². The second-order valence-electron chi connectivity index (χ2n) is 4.46. The number of aryl methyl sites for hydroxylation is 1. The van der Waals surface area contributed by atoms with E-state index in [-0.39, 0.29) is 6.54 Å². The number of rotatable bonds is 3. The Morgan fingerprint density at radius 1 is 1.53 bits per heavy atom. The predicted molar refractivity (Wildman–Crippen MR) is 65.0 cm³/mol. The molecule has 1 aliphatic heterocycles. The zero-order valence-electron chi connectivity index (χ0n) is 10.4. The Kier molecular flexibility index (Phi) is 4.13. The zero-order chi connectivity index (χ0) is 14.0. The summed E-state index contributed by atoms with van der Waals surface area (Å²) in [4.78, 5) is 13.7. The molecule has 3 nitrogen and oxygen atoms in total. The van der Waals surface area contributed by atoms with E-state index in [1.54, 1.807) is 13.0 Å². The molecular formula is C12H14F3NO2S. The third-order valence-electron chi connectivity index (χ3n) is 2.93. The van der Waals surface area contributed by atoms with Crippen molar-refractivity contribution in [3.05, 3.63) is 18.1 Å². The first-order valence-electron chi connectivity index (χ1n) is 5.93. The molecule has 2 heterocycles. The first kappa shape index (κ1) is 14.3. The van der Waals surface area contributed by atoms with Crippen molar-refractivity contribution in [1.82, 2.24) is 4.90 Å². The van der Waals surface area contributed by atoms with Gasteiger partial charge in [-0.05, 0) is 25.8 Å². The monoisotopic (exact) mass is 293 g/mol. The van der Waals surface area contributed by atoms with Gasteiger partial charge in [0.1, 0.15) is 12.3 Å². The van der Waals surface area contributed by atoms with E-state index in [2.05, 4.69) is 0 Å². The number of carbonyl (C=O) groups is 1. The Morgan fingerprint density at radius 3 is 2.84 bits per heavy atom. The van der Waals surface area contributed by atoms with Crippen molar-refractivity contribution in [2.45, 2.75) is 36.1 Å². The maximum Gasteiger partial charge on any atom is 0.406 e. The lowest BCUT2D eigenvalue weighted by atomic mass is 10.1. The normalized spacial score (nSPS) is 20.9. The Hall–Kier alpha value is -1.11. The minimum atomic E-state index is -4.34. The second-order valence-corrected chi connectivity index (χ2v) is 5.71. The summed E-state index contributed by atoms with van der Waals surface area (Å²) in [6, 6.07) is 1.73. The lowest BCUT2D eigenvalue weighted by Crippen LogP contribution is -2.47. The van der Waals surface area contributed by atoms with Crippen molar-refractivity contribution < 1.29 is 22.4 Å². The van der Waals surface area contributed by atoms with E-state index in [1.165, 1.54) is 18.0 Å². The van der Waals surface area contributed by atoms with Crippen LogP contribution in [0.2, 0.25) is 0 Å². The van der Waals surface area contributed by atoms with Crippen molar-refractivity contribution in [3.63, 3.8) is 0 Å². The van der Waals surface area contributed by atoms with E-state index in [0.29, 0.717) is 18.6 Å². The number of hydrogen-bond donors (Lipinski definition) is 0. The lowest BCUT2D eigenvalue weighted by molar-refractivity contribution is -0.162. The van der Waals surface area contributed by atoms with Crippen LogP contribution in [0.15, 0.2) is 21.6 Å². The molecular weight excluding hydrogens is 279 g/mol. The summed E-state index contributed by atoms with van der Waals surface area (Å²) in [7, 11) is 0. The molecule has 1 saturated heterocycles. The number of thioether (sulfide) groups is 1. The topological polar surface area (TPSA) is 33.5 Å². The number of hydrogen-bond acceptors (Lipinski definition) is 3. The van der Waals surface area contributed by atoms with E-state index in [1.807, 2.05) is 0 Å². The zero-order valence-corrected chi connectivity index (χ0v) is 11.2. The Balaban J connectivity index is 2.02. The van der Waals surface area contributed by atoms with Crippen molar-refractivity contribution in [2.24, 2.45) is 0 Å². The number of carbonyl (C=O) groups excluding carboxylic acids is 1. The van der Waals surface area contributed by atoms with Gasteiger partial charge in [0.25, 0.3) is 0 Å². The SMILES string of the molecule is Cc1occc1S[C@H]1CCCN(CC(F)(F)F)C1=O. The summed E-state index contributed by atoms with van der Waals surface area (Å²) in [6.07, 6.45) is -1.63. The van der Waals surface area contributed by atoms with E-state index < -0.39 is 23.9 Å². The van der Waals surface area contributed by atoms with Gasteiger partial charge in [0.05, 0.1) is 11.5 Å². The molecule has 0 N–H and O–H groups in total. The summed E-state index contributed by atoms with van der Waals surface area (Å²) in [5, 5.41) is -0.451. The average molecular weight is 293 g/mol. The molecule has 1 aromatic heterocycles. The van der Waals surface area contributed by atoms with Gasteiger partial charge in [0, 0.05) is 11.4 Å². The van der Waals surface area contributed by atoms with Crippen LogP contribution in [0.4, 0.5) is 13.2 Å². The van der Waals surface area contributed by atoms with E-state index in [9.17, 15) is 18.0 Å². The van der Waals surface area contributed by atoms with Crippen LogP contribution in [-0.4, -0.2) is 35.3 Å². The van der Waals surface area contributed by atoms with Crippen LogP contribution in [0, 0.1) is 6.92 Å². The van der Waals surface area contributed by atoms with Gasteiger partial charge in [-0.3, -0.25) is 4.79 Å². The molecule has 0 bridgehead atoms. The van der Waals surface area contributed by atoms with Crippen LogP contribution >= 0.6 is 11.8 Å². The highest BCUT2D eigenvalue weighted by atomic mass is 32.2. The third-order valence-corrected chi connectivity index (χ3v) is 4.33. The summed E-state index contributed by atoms with van der Waals surface area (Å²) in [5.74, 6) is 0.250. The van der Waals surface area contributed by atoms with Crippen molar-refractivity contribution in [2.75, 3.05) is 13.1 Å². The average Bonchev–Trinajstić information content (AvgIpc) is 2.68. The van der Waals surface area contributed by atoms with E-state index >= 15 is 0 Å². The smallest absolute Gasteiger partial charge is 0.406 e. The first-order valence-corrected chi connectivity index (χ1v) is 6.81. The van der Waals surface area contributed by atoms with Gasteiger partial charge in [-0.1, -0.05) is 0 Å². The van der Waals surface area contributed by atoms with Crippen LogP contribution in [0.3, 0.4) is 0 Å². The summed E-state index contributed by atoms with van der Waals surface area (Å²) in [5.41, 5.74) is 0. The largest absolute Gasteiger partial charge is 0.468 e. The summed E-state index contributed by atoms with van der Waals surface area (Å²) in [6.45, 7) is 0.788. The third kappa shape index (κ3) is 3.68. The van der Waals surface area contributed by atoms with Crippen molar-refractivity contribution in [1.29, 1.82) is 0 Å². The molecule has 1 atom stereocenters. The van der Waals surface area contributed by atoms with Gasteiger partial charge in [-0.25, -0.2) is 0 Å². The highest BCUT2D eigenvalue weighted by Gasteiger charge is 2.37. The fourth-order valence-electron chi connectivity index (χ4n) is 2.04. The molecule has 106 valence electrons. The quantitative estimate of drug-likeness (QED) is 0.858. The van der Waals surface area contributed by atoms with Crippen molar-refractivity contribution in [3.8, 4) is 0 Å². The molecule has 19 heavy (non-hydrogen) atoms. The van der Waals surface area contributed by atoms with Gasteiger partial charge in [-0.2, -0.15) is 13.2 Å². The fourth-order valence-corrected chi connectivity index (χ4v) is 3.23. The van der Waals surface area contributed by atoms with Gasteiger partial charge in [0.2, 0.25) is 5.91 Å². The second kappa shape index (κ2) is 5.48. The van der Waals surface area contributed by atoms with E-state index in [4.69, 9.17) is 4.42 Å². The highest BCUT2D eigenvalue weighted by molar-refractivity contribution is 8.00. The highest BCUT2D eigenvalue weighted by Crippen LogP contribution is 2.33. The van der Waals surface area contributed by atoms with Crippen molar-refractivity contribution >= 4 is 17.7 Å². The molecule has 0 radical (unpaired) electrons. The number of alkyl halides is 3. The predicted octanol–water partition coefficient (Wildman–Crippen LogP) is 3.23. The maximum atomic E-state index is 12.4. The number of piperidine rings is 1. The van der Waals surface area contributed by atoms with E-state index in [0.717, 1.165) is 9.80 Å². The minimum Gasteiger partial charge on any atom is -0.468 e. The molecule has 1 fully saturated rings. The van der Waals surface area contributed by atoms with Crippen LogP contribution in [0.5, 0.6) is 0 Å². The van der Waals surface area contributed by atoms with Gasteiger partial charge >= 0.3 is 6.18 Å². The number of amides is 1. The molecule has 1 aliphatic rings. The number of furan rings is 1. The molecule has 0 aromatic carbocycles. The van der Waals surface area contributed by atoms with Crippen LogP contribution in [-0.2, 0) is 4.79 Å². The Labute approximate surface area is 113 Å². The molecule has 0 unspecified atom stereocenters. The number of halogens is 3. The summed E-state index contributed by atoms with van der Waals surface area (Å²) >= 11 is 1.28. The molecule has 1 aromatic rings. The molecule has 7 heteroatoms. The number of nitrogens with zero attached hydrogens (tertiary/aromatic N) is 1. The molecule has 0 spiro atoms. The molecule has 1 amide bonds. The van der Waals surface area contributed by atoms with Gasteiger partial charge < -0.3 is 9.32 Å². The Morgan fingerprint density at radius 2 is 2.26 bits per heavy atom. The summed E-state index contributed by atoms with van der Waals surface area (Å²) < 4.78 is 42.2. The number of likely N-dealkylation sites (tertiary alicyclic amines) is 1. The standard InChI is InChI=1S/C12H14F3NO2S/c1-8-9(4-6-18-8)19-10-3-2-5-16(11(10)17)7-12(13,14)15/h4,6,10H,2-3,5,7H2,1H3/t10-/m0/s1. The molecule has 0 aliphatic carbocycles. The van der Waals surface area contributed by atoms with Gasteiger partial charge in [0.15, 0.2) is 0 Å². The molecule has 0 saturated carbocycles. The first-order chi connectivity index (χ1) is 8.87. The molecule has 2 rings (SSSR count). The lowest BCUT2D eigenvalue weighted by Gasteiger charge is -2.32. The Bertz CT molecular complexity index is 458. The fraction of sp³-hybridized carbons (Fsp3) is 0.583.